The fourth-order valence-electron chi connectivity index (χ4n) is 5.35. The number of anilines is 1. The van der Waals surface area contributed by atoms with Crippen LogP contribution in [0.5, 0.6) is 0 Å². The molecule has 1 saturated heterocycles. The number of aromatic nitrogens is 2. The third kappa shape index (κ3) is 3.94. The fourth-order valence-corrected chi connectivity index (χ4v) is 5.35. The summed E-state index contributed by atoms with van der Waals surface area (Å²) in [6, 6.07) is 17.3. The summed E-state index contributed by atoms with van der Waals surface area (Å²) in [5.74, 6) is 0.860. The summed E-state index contributed by atoms with van der Waals surface area (Å²) in [4.78, 5) is 29.3. The smallest absolute Gasteiger partial charge is 0.234 e. The van der Waals surface area contributed by atoms with Crippen LogP contribution in [0, 0.1) is 0 Å². The highest BCUT2D eigenvalue weighted by Gasteiger charge is 2.38. The Hall–Kier alpha value is -3.09. The molecule has 0 unspecified atom stereocenters. The van der Waals surface area contributed by atoms with Gasteiger partial charge in [-0.3, -0.25) is 19.6 Å². The first-order valence-electron chi connectivity index (χ1n) is 11.9. The van der Waals surface area contributed by atoms with Crippen molar-refractivity contribution in [1.82, 2.24) is 19.8 Å². The Balaban J connectivity index is 1.21. The van der Waals surface area contributed by atoms with E-state index >= 15 is 0 Å². The fraction of sp³-hybridized carbons (Fsp3) is 0.370. The maximum Gasteiger partial charge on any atom is 0.234 e. The third-order valence-corrected chi connectivity index (χ3v) is 7.29. The average molecular weight is 440 g/mol. The Kier molecular flexibility index (Phi) is 5.19. The van der Waals surface area contributed by atoms with Crippen molar-refractivity contribution in [1.29, 1.82) is 0 Å². The second-order valence-electron chi connectivity index (χ2n) is 9.57. The Bertz CT molecular complexity index is 1160. The molecule has 6 rings (SSSR count). The molecule has 168 valence electrons. The summed E-state index contributed by atoms with van der Waals surface area (Å²) >= 11 is 0. The minimum absolute atomic E-state index is 0.113. The summed E-state index contributed by atoms with van der Waals surface area (Å²) in [5, 5.41) is 0. The monoisotopic (exact) mass is 439 g/mol. The SMILES string of the molecule is CN1CCN(Cc2ccc(-c3cnc4c(n3)N(C3Cc5ccccc5C3)C(=O)C4)cc2)CC1. The second kappa shape index (κ2) is 8.36. The van der Waals surface area contributed by atoms with Gasteiger partial charge in [0, 0.05) is 44.3 Å². The largest absolute Gasteiger partial charge is 0.304 e. The Labute approximate surface area is 194 Å². The number of piperazine rings is 1. The number of fused-ring (bicyclic) bond motifs is 2. The molecule has 3 aliphatic rings. The maximum atomic E-state index is 12.9. The molecule has 1 fully saturated rings. The first-order chi connectivity index (χ1) is 16.1. The summed E-state index contributed by atoms with van der Waals surface area (Å²) in [7, 11) is 2.18. The number of rotatable bonds is 4. The van der Waals surface area contributed by atoms with E-state index in [1.54, 1.807) is 0 Å². The molecule has 6 heteroatoms. The van der Waals surface area contributed by atoms with E-state index in [-0.39, 0.29) is 11.9 Å². The van der Waals surface area contributed by atoms with E-state index in [4.69, 9.17) is 4.98 Å². The predicted octanol–water partition coefficient (Wildman–Crippen LogP) is 2.95. The van der Waals surface area contributed by atoms with Gasteiger partial charge in [-0.15, -0.1) is 0 Å². The van der Waals surface area contributed by atoms with E-state index < -0.39 is 0 Å². The number of carbonyl (C=O) groups excluding carboxylic acids is 1. The highest BCUT2D eigenvalue weighted by molar-refractivity contribution is 6.00. The number of benzene rings is 2. The summed E-state index contributed by atoms with van der Waals surface area (Å²) in [5.41, 5.74) is 6.66. The summed E-state index contributed by atoms with van der Waals surface area (Å²) in [6.45, 7) is 5.47. The molecule has 1 amide bonds. The van der Waals surface area contributed by atoms with Crippen molar-refractivity contribution in [3.05, 3.63) is 77.1 Å². The summed E-state index contributed by atoms with van der Waals surface area (Å²) < 4.78 is 0. The average Bonchev–Trinajstić information content (AvgIpc) is 3.40. The molecule has 6 nitrogen and oxygen atoms in total. The zero-order valence-electron chi connectivity index (χ0n) is 19.1. The first-order valence-corrected chi connectivity index (χ1v) is 11.9. The van der Waals surface area contributed by atoms with Gasteiger partial charge in [-0.1, -0.05) is 48.5 Å². The van der Waals surface area contributed by atoms with E-state index in [1.807, 2.05) is 11.1 Å². The lowest BCUT2D eigenvalue weighted by Gasteiger charge is -2.32. The third-order valence-electron chi connectivity index (χ3n) is 7.29. The number of hydrogen-bond acceptors (Lipinski definition) is 5. The number of amides is 1. The zero-order chi connectivity index (χ0) is 22.4. The topological polar surface area (TPSA) is 52.6 Å². The van der Waals surface area contributed by atoms with E-state index in [2.05, 4.69) is 70.4 Å². The van der Waals surface area contributed by atoms with Crippen LogP contribution in [0.1, 0.15) is 22.4 Å². The first kappa shape index (κ1) is 20.5. The van der Waals surface area contributed by atoms with Gasteiger partial charge < -0.3 is 4.90 Å². The molecular formula is C27H29N5O. The molecule has 3 aromatic rings. The standard InChI is InChI=1S/C27H29N5O/c1-30-10-12-31(13-11-30)18-19-6-8-20(9-7-19)25-17-28-24-16-26(33)32(27(24)29-25)23-14-21-4-2-3-5-22(21)15-23/h2-9,17,23H,10-16,18H2,1H3. The maximum absolute atomic E-state index is 12.9. The van der Waals surface area contributed by atoms with Crippen molar-refractivity contribution >= 4 is 11.7 Å². The highest BCUT2D eigenvalue weighted by Crippen LogP contribution is 2.34. The van der Waals surface area contributed by atoms with Gasteiger partial charge in [-0.25, -0.2) is 4.98 Å². The number of likely N-dealkylation sites (N-methyl/N-ethyl adjacent to an activating group) is 1. The lowest BCUT2D eigenvalue weighted by molar-refractivity contribution is -0.117. The van der Waals surface area contributed by atoms with Crippen molar-refractivity contribution in [3.8, 4) is 11.3 Å². The predicted molar refractivity (Wildman–Crippen MR) is 129 cm³/mol. The highest BCUT2D eigenvalue weighted by atomic mass is 16.2. The minimum Gasteiger partial charge on any atom is -0.304 e. The Morgan fingerprint density at radius 2 is 1.64 bits per heavy atom. The quantitative estimate of drug-likeness (QED) is 0.626. The van der Waals surface area contributed by atoms with Crippen LogP contribution in [0.4, 0.5) is 5.82 Å². The van der Waals surface area contributed by atoms with Crippen LogP contribution in [-0.2, 0) is 30.6 Å². The van der Waals surface area contributed by atoms with Gasteiger partial charge in [0.15, 0.2) is 5.82 Å². The van der Waals surface area contributed by atoms with Crippen molar-refractivity contribution in [2.75, 3.05) is 38.1 Å². The van der Waals surface area contributed by atoms with Crippen LogP contribution >= 0.6 is 0 Å². The van der Waals surface area contributed by atoms with E-state index in [1.165, 1.54) is 16.7 Å². The number of carbonyl (C=O) groups is 1. The normalized spacial score (nSPS) is 19.2. The molecule has 0 bridgehead atoms. The van der Waals surface area contributed by atoms with Crippen LogP contribution < -0.4 is 4.90 Å². The minimum atomic E-state index is 0.113. The van der Waals surface area contributed by atoms with Crippen molar-refractivity contribution in [2.24, 2.45) is 0 Å². The van der Waals surface area contributed by atoms with Gasteiger partial charge in [0.05, 0.1) is 24.0 Å². The lowest BCUT2D eigenvalue weighted by atomic mass is 10.1. The Morgan fingerprint density at radius 1 is 0.939 bits per heavy atom. The van der Waals surface area contributed by atoms with Gasteiger partial charge in [0.1, 0.15) is 0 Å². The van der Waals surface area contributed by atoms with E-state index in [9.17, 15) is 4.79 Å². The van der Waals surface area contributed by atoms with Gasteiger partial charge in [-0.05, 0) is 36.6 Å². The molecule has 1 aliphatic carbocycles. The van der Waals surface area contributed by atoms with Crippen molar-refractivity contribution < 1.29 is 4.79 Å². The molecule has 0 radical (unpaired) electrons. The molecular weight excluding hydrogens is 410 g/mol. The van der Waals surface area contributed by atoms with Gasteiger partial charge in [0.25, 0.3) is 0 Å². The van der Waals surface area contributed by atoms with Gasteiger partial charge in [-0.2, -0.15) is 0 Å². The molecule has 0 atom stereocenters. The Morgan fingerprint density at radius 3 is 2.33 bits per heavy atom. The van der Waals surface area contributed by atoms with Crippen LogP contribution in [0.15, 0.2) is 54.7 Å². The van der Waals surface area contributed by atoms with Crippen molar-refractivity contribution in [3.63, 3.8) is 0 Å². The van der Waals surface area contributed by atoms with Gasteiger partial charge in [0.2, 0.25) is 5.91 Å². The molecule has 0 saturated carbocycles. The van der Waals surface area contributed by atoms with Crippen molar-refractivity contribution in [2.45, 2.75) is 31.8 Å². The van der Waals surface area contributed by atoms with E-state index in [0.29, 0.717) is 6.42 Å². The zero-order valence-corrected chi connectivity index (χ0v) is 19.1. The van der Waals surface area contributed by atoms with Gasteiger partial charge >= 0.3 is 0 Å². The van der Waals surface area contributed by atoms with Crippen LogP contribution in [-0.4, -0.2) is 64.9 Å². The molecule has 2 aliphatic heterocycles. The molecule has 1 aromatic heterocycles. The molecule has 0 N–H and O–H groups in total. The molecule has 0 spiro atoms. The van der Waals surface area contributed by atoms with Crippen LogP contribution in [0.2, 0.25) is 0 Å². The van der Waals surface area contributed by atoms with E-state index in [0.717, 1.165) is 68.3 Å². The van der Waals surface area contributed by atoms with Crippen LogP contribution in [0.25, 0.3) is 11.3 Å². The molecule has 3 heterocycles. The second-order valence-corrected chi connectivity index (χ2v) is 9.57. The molecule has 33 heavy (non-hydrogen) atoms. The molecule has 2 aromatic carbocycles. The summed E-state index contributed by atoms with van der Waals surface area (Å²) in [6.07, 6.45) is 3.93. The number of nitrogens with zero attached hydrogens (tertiary/aromatic N) is 5. The van der Waals surface area contributed by atoms with Crippen LogP contribution in [0.3, 0.4) is 0 Å². The lowest BCUT2D eigenvalue weighted by Crippen LogP contribution is -2.43. The number of hydrogen-bond donors (Lipinski definition) is 0.